The van der Waals surface area contributed by atoms with E-state index in [9.17, 15) is 14.7 Å². The zero-order valence-electron chi connectivity index (χ0n) is 32.1. The molecule has 0 atom stereocenters. The number of carbonyl (C=O) groups is 2. The molecule has 0 unspecified atom stereocenters. The Balaban J connectivity index is 1.30. The van der Waals surface area contributed by atoms with Crippen LogP contribution >= 0.6 is 0 Å². The SMILES string of the molecule is CC1(C)C=CC2=C(C1)CC(C)(C)c1c2ccc2cc(-c3ccc4ccccc4c3C(=O)C=Cc3ccc(C(=O)O)cc3)cc(CCc3ccc(CN)cc3)c12. The van der Waals surface area contributed by atoms with E-state index in [4.69, 9.17) is 5.73 Å². The Morgan fingerprint density at radius 3 is 2.22 bits per heavy atom. The lowest BCUT2D eigenvalue weighted by Gasteiger charge is -2.40. The number of carboxylic acid groups (broad SMARTS) is 1. The lowest BCUT2D eigenvalue weighted by molar-refractivity contribution is 0.0696. The van der Waals surface area contributed by atoms with Crippen LogP contribution in [0.1, 0.15) is 94.6 Å². The molecule has 0 bridgehead atoms. The van der Waals surface area contributed by atoms with Crippen molar-refractivity contribution in [2.45, 2.75) is 65.3 Å². The Labute approximate surface area is 323 Å². The Hall–Kier alpha value is -5.84. The quantitative estimate of drug-likeness (QED) is 0.115. The van der Waals surface area contributed by atoms with Gasteiger partial charge in [0, 0.05) is 12.1 Å². The molecule has 4 heteroatoms. The average Bonchev–Trinajstić information content (AvgIpc) is 3.17. The number of rotatable bonds is 9. The second kappa shape index (κ2) is 14.1. The summed E-state index contributed by atoms with van der Waals surface area (Å²) in [7, 11) is 0. The highest BCUT2D eigenvalue weighted by atomic mass is 16.4. The van der Waals surface area contributed by atoms with Crippen molar-refractivity contribution in [3.63, 3.8) is 0 Å². The molecule has 0 aliphatic heterocycles. The third-order valence-corrected chi connectivity index (χ3v) is 11.6. The minimum atomic E-state index is -0.980. The Bertz CT molecular complexity index is 2600. The van der Waals surface area contributed by atoms with Crippen LogP contribution in [0.3, 0.4) is 0 Å². The second-order valence-corrected chi connectivity index (χ2v) is 16.7. The summed E-state index contributed by atoms with van der Waals surface area (Å²) in [5.74, 6) is -1.08. The zero-order chi connectivity index (χ0) is 38.5. The van der Waals surface area contributed by atoms with Gasteiger partial charge in [0.1, 0.15) is 0 Å². The molecule has 0 heterocycles. The molecule has 0 aromatic heterocycles. The monoisotopic (exact) mass is 721 g/mol. The predicted molar refractivity (Wildman–Crippen MR) is 227 cm³/mol. The van der Waals surface area contributed by atoms with Crippen LogP contribution in [-0.4, -0.2) is 16.9 Å². The second-order valence-electron chi connectivity index (χ2n) is 16.7. The van der Waals surface area contributed by atoms with Crippen LogP contribution in [0.5, 0.6) is 0 Å². The number of carboxylic acids is 1. The van der Waals surface area contributed by atoms with Gasteiger partial charge in [0.15, 0.2) is 5.78 Å². The van der Waals surface area contributed by atoms with E-state index >= 15 is 0 Å². The van der Waals surface area contributed by atoms with E-state index < -0.39 is 5.97 Å². The minimum absolute atomic E-state index is 0.0640. The molecule has 2 aliphatic carbocycles. The van der Waals surface area contributed by atoms with Crippen LogP contribution in [-0.2, 0) is 24.8 Å². The van der Waals surface area contributed by atoms with Gasteiger partial charge >= 0.3 is 5.97 Å². The summed E-state index contributed by atoms with van der Waals surface area (Å²) < 4.78 is 0. The molecule has 6 aromatic carbocycles. The smallest absolute Gasteiger partial charge is 0.335 e. The molecular formula is C51H47NO3. The molecule has 0 spiro atoms. The molecule has 0 saturated heterocycles. The van der Waals surface area contributed by atoms with Gasteiger partial charge in [-0.3, -0.25) is 4.79 Å². The number of fused-ring (bicyclic) bond motifs is 5. The van der Waals surface area contributed by atoms with Gasteiger partial charge in [-0.05, 0) is 132 Å². The Kier molecular flexibility index (Phi) is 9.27. The number of aromatic carboxylic acids is 1. The maximum Gasteiger partial charge on any atom is 0.335 e. The van der Waals surface area contributed by atoms with Crippen LogP contribution in [0, 0.1) is 5.41 Å². The summed E-state index contributed by atoms with van der Waals surface area (Å²) in [5, 5.41) is 13.8. The van der Waals surface area contributed by atoms with Crippen molar-refractivity contribution in [1.29, 1.82) is 0 Å². The van der Waals surface area contributed by atoms with Gasteiger partial charge < -0.3 is 10.8 Å². The summed E-state index contributed by atoms with van der Waals surface area (Å²) in [6.07, 6.45) is 11.9. The number of aryl methyl sites for hydroxylation is 2. The zero-order valence-corrected chi connectivity index (χ0v) is 32.1. The van der Waals surface area contributed by atoms with Crippen LogP contribution in [0.4, 0.5) is 0 Å². The van der Waals surface area contributed by atoms with Gasteiger partial charge in [0.25, 0.3) is 0 Å². The Morgan fingerprint density at radius 2 is 1.47 bits per heavy atom. The first-order chi connectivity index (χ1) is 26.4. The van der Waals surface area contributed by atoms with E-state index in [1.165, 1.54) is 38.6 Å². The molecule has 0 saturated carbocycles. The van der Waals surface area contributed by atoms with E-state index in [1.54, 1.807) is 42.0 Å². The summed E-state index contributed by atoms with van der Waals surface area (Å²) >= 11 is 0. The van der Waals surface area contributed by atoms with Crippen molar-refractivity contribution < 1.29 is 14.7 Å². The molecule has 0 fully saturated rings. The van der Waals surface area contributed by atoms with E-state index in [0.29, 0.717) is 12.1 Å². The van der Waals surface area contributed by atoms with Crippen LogP contribution < -0.4 is 5.73 Å². The van der Waals surface area contributed by atoms with Gasteiger partial charge in [0.05, 0.1) is 5.56 Å². The highest BCUT2D eigenvalue weighted by Gasteiger charge is 2.37. The van der Waals surface area contributed by atoms with E-state index in [1.807, 2.05) is 24.3 Å². The molecule has 274 valence electrons. The largest absolute Gasteiger partial charge is 0.478 e. The third-order valence-electron chi connectivity index (χ3n) is 11.6. The van der Waals surface area contributed by atoms with Gasteiger partial charge in [-0.25, -0.2) is 4.79 Å². The number of ketones is 1. The number of allylic oxidation sites excluding steroid dienone is 5. The molecule has 0 radical (unpaired) electrons. The fourth-order valence-corrected chi connectivity index (χ4v) is 8.92. The van der Waals surface area contributed by atoms with E-state index in [-0.39, 0.29) is 22.2 Å². The van der Waals surface area contributed by atoms with Crippen LogP contribution in [0.25, 0.3) is 44.3 Å². The molecule has 3 N–H and O–H groups in total. The molecule has 4 nitrogen and oxygen atoms in total. The van der Waals surface area contributed by atoms with Gasteiger partial charge in [-0.2, -0.15) is 0 Å². The lowest BCUT2D eigenvalue weighted by Crippen LogP contribution is -2.28. The van der Waals surface area contributed by atoms with Crippen LogP contribution in [0.15, 0.2) is 133 Å². The number of carbonyl (C=O) groups excluding carboxylic acids is 1. The van der Waals surface area contributed by atoms with E-state index in [0.717, 1.165) is 58.7 Å². The van der Waals surface area contributed by atoms with Gasteiger partial charge in [-0.15, -0.1) is 0 Å². The molecule has 2 aliphatic rings. The Morgan fingerprint density at radius 1 is 0.764 bits per heavy atom. The van der Waals surface area contributed by atoms with Crippen molar-refractivity contribution in [2.24, 2.45) is 11.1 Å². The van der Waals surface area contributed by atoms with E-state index in [2.05, 4.69) is 101 Å². The molecule has 55 heavy (non-hydrogen) atoms. The normalized spacial score (nSPS) is 15.7. The van der Waals surface area contributed by atoms with Crippen molar-refractivity contribution in [3.05, 3.63) is 178 Å². The minimum Gasteiger partial charge on any atom is -0.478 e. The summed E-state index contributed by atoms with van der Waals surface area (Å²) in [4.78, 5) is 25.8. The van der Waals surface area contributed by atoms with Gasteiger partial charge in [0.2, 0.25) is 0 Å². The van der Waals surface area contributed by atoms with Crippen molar-refractivity contribution in [2.75, 3.05) is 0 Å². The molecule has 0 amide bonds. The number of hydrogen-bond acceptors (Lipinski definition) is 3. The first-order valence-electron chi connectivity index (χ1n) is 19.3. The molecule has 8 rings (SSSR count). The van der Waals surface area contributed by atoms with Crippen molar-refractivity contribution in [1.82, 2.24) is 0 Å². The number of hydrogen-bond donors (Lipinski definition) is 2. The highest BCUT2D eigenvalue weighted by Crippen LogP contribution is 2.52. The average molecular weight is 722 g/mol. The molecular weight excluding hydrogens is 675 g/mol. The fourth-order valence-electron chi connectivity index (χ4n) is 8.92. The highest BCUT2D eigenvalue weighted by molar-refractivity contribution is 6.19. The summed E-state index contributed by atoms with van der Waals surface area (Å²) in [6, 6.07) is 36.7. The van der Waals surface area contributed by atoms with Gasteiger partial charge in [-0.1, -0.05) is 142 Å². The topological polar surface area (TPSA) is 80.4 Å². The predicted octanol–water partition coefficient (Wildman–Crippen LogP) is 11.9. The van der Waals surface area contributed by atoms with Crippen molar-refractivity contribution >= 4 is 44.9 Å². The van der Waals surface area contributed by atoms with Crippen molar-refractivity contribution in [3.8, 4) is 11.1 Å². The fraction of sp³-hybridized carbons (Fsp3) is 0.216. The number of benzene rings is 6. The lowest BCUT2D eigenvalue weighted by atomic mass is 9.63. The molecule has 6 aromatic rings. The maximum atomic E-state index is 14.4. The maximum absolute atomic E-state index is 14.4. The number of nitrogens with two attached hydrogens (primary N) is 1. The standard InChI is InChI=1S/C51H47NO3/c1-50(2)26-25-41-40(29-50)30-51(3,4)48-44(41)23-21-38-28-39(27-37(46(38)48)19-15-32-9-11-34(31-52)12-10-32)43-22-20-35-7-5-6-8-42(35)47(43)45(53)24-16-33-13-17-36(18-14-33)49(54)55/h5-14,16-18,20-28H,15,19,29-31,52H2,1-4H3,(H,54,55). The van der Waals surface area contributed by atoms with Crippen LogP contribution in [0.2, 0.25) is 0 Å². The third kappa shape index (κ3) is 6.99. The summed E-state index contributed by atoms with van der Waals surface area (Å²) in [5.41, 5.74) is 18.9. The first-order valence-corrected chi connectivity index (χ1v) is 19.3. The summed E-state index contributed by atoms with van der Waals surface area (Å²) in [6.45, 7) is 10.00. The first kappa shape index (κ1) is 36.2.